The third kappa shape index (κ3) is 5.48. The minimum Gasteiger partial charge on any atom is -0.390 e. The van der Waals surface area contributed by atoms with Gasteiger partial charge in [0.1, 0.15) is 24.4 Å². The highest BCUT2D eigenvalue weighted by Crippen LogP contribution is 2.31. The number of aliphatic hydroxyl groups is 4. The number of aliphatic hydroxyl groups excluding tert-OH is 4. The number of ether oxygens (including phenoxy) is 5. The molecule has 0 aromatic rings. The zero-order valence-electron chi connectivity index (χ0n) is 17.3. The van der Waals surface area contributed by atoms with Crippen LogP contribution in [0.3, 0.4) is 0 Å². The Balaban J connectivity index is 1.57. The lowest BCUT2D eigenvalue weighted by Crippen LogP contribution is -2.64. The number of hydrogen-bond donors (Lipinski definition) is 6. The Labute approximate surface area is 176 Å². The summed E-state index contributed by atoms with van der Waals surface area (Å²) in [7, 11) is 1.47. The Morgan fingerprint density at radius 3 is 2.23 bits per heavy atom. The SMILES string of the molecule is COCC1OC(OC2CCCC(OC3CCC(O)C(CN)O3)C2O)C(O)C(N)C1O. The molecule has 8 N–H and O–H groups in total. The first-order valence-corrected chi connectivity index (χ1v) is 10.6. The van der Waals surface area contributed by atoms with Crippen molar-refractivity contribution in [2.24, 2.45) is 11.5 Å². The fraction of sp³-hybridized carbons (Fsp3) is 1.00. The summed E-state index contributed by atoms with van der Waals surface area (Å²) >= 11 is 0. The molecule has 0 bridgehead atoms. The molecule has 1 saturated carbocycles. The van der Waals surface area contributed by atoms with Crippen LogP contribution in [0.15, 0.2) is 0 Å². The van der Waals surface area contributed by atoms with Crippen molar-refractivity contribution in [1.29, 1.82) is 0 Å². The quantitative estimate of drug-likeness (QED) is 0.249. The van der Waals surface area contributed by atoms with E-state index in [0.717, 1.165) is 6.42 Å². The third-order valence-corrected chi connectivity index (χ3v) is 6.15. The van der Waals surface area contributed by atoms with Crippen molar-refractivity contribution in [3.05, 3.63) is 0 Å². The van der Waals surface area contributed by atoms with Gasteiger partial charge in [-0.15, -0.1) is 0 Å². The van der Waals surface area contributed by atoms with Gasteiger partial charge in [0.15, 0.2) is 12.6 Å². The number of rotatable bonds is 7. The van der Waals surface area contributed by atoms with Crippen LogP contribution in [0.1, 0.15) is 32.1 Å². The Bertz CT molecular complexity index is 530. The van der Waals surface area contributed by atoms with Crippen LogP contribution in [-0.2, 0) is 23.7 Å². The molecule has 30 heavy (non-hydrogen) atoms. The van der Waals surface area contributed by atoms with Crippen molar-refractivity contribution in [3.8, 4) is 0 Å². The molecule has 11 atom stereocenters. The molecule has 0 amide bonds. The average Bonchev–Trinajstić information content (AvgIpc) is 2.74. The summed E-state index contributed by atoms with van der Waals surface area (Å²) in [5.74, 6) is 0. The van der Waals surface area contributed by atoms with Crippen LogP contribution < -0.4 is 11.5 Å². The van der Waals surface area contributed by atoms with Crippen molar-refractivity contribution < 1.29 is 44.1 Å². The van der Waals surface area contributed by atoms with E-state index < -0.39 is 67.5 Å². The molecule has 11 unspecified atom stereocenters. The molecule has 2 aliphatic heterocycles. The molecular formula is C19H36N2O9. The average molecular weight is 437 g/mol. The Kier molecular flexibility index (Phi) is 8.82. The zero-order valence-corrected chi connectivity index (χ0v) is 17.3. The number of hydrogen-bond acceptors (Lipinski definition) is 11. The second-order valence-corrected chi connectivity index (χ2v) is 8.31. The van der Waals surface area contributed by atoms with Crippen LogP contribution in [0.4, 0.5) is 0 Å². The fourth-order valence-electron chi connectivity index (χ4n) is 4.30. The van der Waals surface area contributed by atoms with Crippen molar-refractivity contribution >= 4 is 0 Å². The van der Waals surface area contributed by atoms with Crippen LogP contribution in [0.25, 0.3) is 0 Å². The third-order valence-electron chi connectivity index (χ3n) is 6.15. The molecule has 3 aliphatic rings. The van der Waals surface area contributed by atoms with Gasteiger partial charge in [-0.1, -0.05) is 0 Å². The van der Waals surface area contributed by atoms with Crippen molar-refractivity contribution in [2.75, 3.05) is 20.3 Å². The minimum atomic E-state index is -1.25. The molecular weight excluding hydrogens is 400 g/mol. The summed E-state index contributed by atoms with van der Waals surface area (Å²) in [4.78, 5) is 0. The van der Waals surface area contributed by atoms with E-state index in [0.29, 0.717) is 25.7 Å². The Morgan fingerprint density at radius 2 is 1.57 bits per heavy atom. The predicted octanol–water partition coefficient (Wildman–Crippen LogP) is -2.45. The topological polar surface area (TPSA) is 179 Å². The molecule has 0 aromatic heterocycles. The fourth-order valence-corrected chi connectivity index (χ4v) is 4.30. The summed E-state index contributed by atoms with van der Waals surface area (Å²) in [6.07, 6.45) is -5.10. The molecule has 2 heterocycles. The lowest BCUT2D eigenvalue weighted by atomic mass is 9.91. The van der Waals surface area contributed by atoms with Crippen molar-refractivity contribution in [2.45, 2.75) is 99.6 Å². The second-order valence-electron chi connectivity index (χ2n) is 8.31. The summed E-state index contributed by atoms with van der Waals surface area (Å²) in [6.45, 7) is 0.277. The maximum absolute atomic E-state index is 10.8. The standard InChI is InChI=1S/C19H36N2O9/c1-26-8-13-17(24)15(21)18(25)19(30-13)29-11-4-2-3-10(16(11)23)27-14-6-5-9(22)12(7-20)28-14/h9-19,22-25H,2-8,20-21H2,1H3. The minimum absolute atomic E-state index is 0.0909. The van der Waals surface area contributed by atoms with Crippen LogP contribution in [0.5, 0.6) is 0 Å². The lowest BCUT2D eigenvalue weighted by molar-refractivity contribution is -0.311. The Morgan fingerprint density at radius 1 is 0.867 bits per heavy atom. The van der Waals surface area contributed by atoms with Gasteiger partial charge >= 0.3 is 0 Å². The maximum atomic E-state index is 10.8. The van der Waals surface area contributed by atoms with Gasteiger partial charge < -0.3 is 55.6 Å². The van der Waals surface area contributed by atoms with E-state index in [9.17, 15) is 20.4 Å². The van der Waals surface area contributed by atoms with E-state index >= 15 is 0 Å². The first-order valence-electron chi connectivity index (χ1n) is 10.6. The van der Waals surface area contributed by atoms with E-state index in [1.165, 1.54) is 7.11 Å². The molecule has 176 valence electrons. The van der Waals surface area contributed by atoms with Gasteiger partial charge in [-0.25, -0.2) is 0 Å². The van der Waals surface area contributed by atoms with E-state index in [1.54, 1.807) is 0 Å². The summed E-state index contributed by atoms with van der Waals surface area (Å²) in [6, 6.07) is -0.966. The molecule has 1 aliphatic carbocycles. The van der Waals surface area contributed by atoms with Gasteiger partial charge in [-0.3, -0.25) is 0 Å². The van der Waals surface area contributed by atoms with Gasteiger partial charge in [0, 0.05) is 20.1 Å². The Hall–Kier alpha value is -0.440. The van der Waals surface area contributed by atoms with E-state index in [4.69, 9.17) is 35.2 Å². The molecule has 3 fully saturated rings. The molecule has 0 aromatic carbocycles. The highest BCUT2D eigenvalue weighted by molar-refractivity contribution is 4.93. The second kappa shape index (κ2) is 10.9. The summed E-state index contributed by atoms with van der Waals surface area (Å²) < 4.78 is 28.2. The highest BCUT2D eigenvalue weighted by atomic mass is 16.7. The van der Waals surface area contributed by atoms with Crippen LogP contribution >= 0.6 is 0 Å². The van der Waals surface area contributed by atoms with Gasteiger partial charge in [0.25, 0.3) is 0 Å². The monoisotopic (exact) mass is 436 g/mol. The summed E-state index contributed by atoms with van der Waals surface area (Å²) in [5.41, 5.74) is 11.5. The normalized spacial score (nSPS) is 47.9. The molecule has 11 nitrogen and oxygen atoms in total. The molecule has 11 heteroatoms. The molecule has 0 spiro atoms. The largest absolute Gasteiger partial charge is 0.390 e. The van der Waals surface area contributed by atoms with E-state index in [-0.39, 0.29) is 13.2 Å². The molecule has 0 radical (unpaired) electrons. The first kappa shape index (κ1) is 24.2. The zero-order chi connectivity index (χ0) is 21.8. The van der Waals surface area contributed by atoms with Gasteiger partial charge in [-0.05, 0) is 25.7 Å². The highest BCUT2D eigenvalue weighted by Gasteiger charge is 2.46. The van der Waals surface area contributed by atoms with Crippen LogP contribution in [-0.4, -0.2) is 108 Å². The van der Waals surface area contributed by atoms with Crippen molar-refractivity contribution in [1.82, 2.24) is 0 Å². The smallest absolute Gasteiger partial charge is 0.186 e. The van der Waals surface area contributed by atoms with Gasteiger partial charge in [-0.2, -0.15) is 0 Å². The van der Waals surface area contributed by atoms with E-state index in [2.05, 4.69) is 0 Å². The molecule has 3 rings (SSSR count). The molecule has 2 saturated heterocycles. The predicted molar refractivity (Wildman–Crippen MR) is 103 cm³/mol. The lowest BCUT2D eigenvalue weighted by Gasteiger charge is -2.44. The maximum Gasteiger partial charge on any atom is 0.186 e. The summed E-state index contributed by atoms with van der Waals surface area (Å²) in [5, 5.41) is 41.2. The van der Waals surface area contributed by atoms with Crippen molar-refractivity contribution in [3.63, 3.8) is 0 Å². The number of nitrogens with two attached hydrogens (primary N) is 2. The van der Waals surface area contributed by atoms with E-state index in [1.807, 2.05) is 0 Å². The van der Waals surface area contributed by atoms with Crippen LogP contribution in [0, 0.1) is 0 Å². The van der Waals surface area contributed by atoms with Gasteiger partial charge in [0.2, 0.25) is 0 Å². The van der Waals surface area contributed by atoms with Crippen LogP contribution in [0.2, 0.25) is 0 Å². The number of methoxy groups -OCH3 is 1. The first-order chi connectivity index (χ1) is 14.3. The van der Waals surface area contributed by atoms with Gasteiger partial charge in [0.05, 0.1) is 37.1 Å².